The molecule has 32 heavy (non-hydrogen) atoms. The Balaban J connectivity index is 2.27. The van der Waals surface area contributed by atoms with Crippen molar-refractivity contribution < 1.29 is 27.4 Å². The molecule has 1 atom stereocenters. The number of alkyl halides is 3. The molecule has 1 unspecified atom stereocenters. The summed E-state index contributed by atoms with van der Waals surface area (Å²) >= 11 is 0. The quantitative estimate of drug-likeness (QED) is 0.556. The molecular weight excluding hydrogens is 421 g/mol. The molecule has 3 rings (SSSR count). The van der Waals surface area contributed by atoms with E-state index in [4.69, 9.17) is 9.47 Å². The first kappa shape index (κ1) is 23.6. The summed E-state index contributed by atoms with van der Waals surface area (Å²) in [6.45, 7) is 9.18. The Hall–Kier alpha value is -3.03. The van der Waals surface area contributed by atoms with E-state index in [1.165, 1.54) is 24.4 Å². The van der Waals surface area contributed by atoms with Gasteiger partial charge in [0, 0.05) is 23.1 Å². The fourth-order valence-corrected chi connectivity index (χ4v) is 3.70. The summed E-state index contributed by atoms with van der Waals surface area (Å²) in [5.74, 6) is -1.48. The van der Waals surface area contributed by atoms with Crippen LogP contribution < -0.4 is 10.1 Å². The zero-order valence-corrected chi connectivity index (χ0v) is 18.7. The summed E-state index contributed by atoms with van der Waals surface area (Å²) in [6.07, 6.45) is -3.36. The minimum atomic E-state index is -4.61. The molecule has 1 aromatic heterocycles. The summed E-state index contributed by atoms with van der Waals surface area (Å²) in [7, 11) is 0. The number of hydrogen-bond donors (Lipinski definition) is 1. The topological polar surface area (TPSA) is 60.5 Å². The minimum absolute atomic E-state index is 0.0554. The van der Waals surface area contributed by atoms with Gasteiger partial charge in [-0.15, -0.1) is 0 Å². The van der Waals surface area contributed by atoms with Gasteiger partial charge in [-0.1, -0.05) is 32.0 Å². The number of carbonyl (C=O) groups excluding carboxylic acids is 1. The van der Waals surface area contributed by atoms with Gasteiger partial charge in [-0.3, -0.25) is 0 Å². The standard InChI is InChI=1S/C24H27F3N2O3/c1-13(2)12-31-23(30)19-15(5)29-18-10-11-28-22(32-14(3)4)21(18)20(19)16-8-6-7-9-17(16)24(25,26)27/h6-11,13-14,20,29H,12H2,1-5H3. The van der Waals surface area contributed by atoms with Crippen molar-refractivity contribution in [3.8, 4) is 5.88 Å². The van der Waals surface area contributed by atoms with Crippen LogP contribution in [-0.2, 0) is 15.7 Å². The lowest BCUT2D eigenvalue weighted by atomic mass is 9.79. The van der Waals surface area contributed by atoms with Crippen molar-refractivity contribution in [1.82, 2.24) is 4.98 Å². The lowest BCUT2D eigenvalue weighted by Gasteiger charge is -2.32. The maximum absolute atomic E-state index is 14.0. The highest BCUT2D eigenvalue weighted by molar-refractivity contribution is 5.95. The van der Waals surface area contributed by atoms with Crippen LogP contribution in [0, 0.1) is 5.92 Å². The average molecular weight is 448 g/mol. The van der Waals surface area contributed by atoms with E-state index >= 15 is 0 Å². The monoisotopic (exact) mass is 448 g/mol. The number of fused-ring (bicyclic) bond motifs is 1. The van der Waals surface area contributed by atoms with Crippen molar-refractivity contribution >= 4 is 11.7 Å². The number of carbonyl (C=O) groups is 1. The number of ether oxygens (including phenoxy) is 2. The molecule has 0 radical (unpaired) electrons. The highest BCUT2D eigenvalue weighted by Crippen LogP contribution is 2.48. The van der Waals surface area contributed by atoms with Gasteiger partial charge in [0.25, 0.3) is 0 Å². The summed E-state index contributed by atoms with van der Waals surface area (Å²) in [5, 5.41) is 3.13. The van der Waals surface area contributed by atoms with Crippen molar-refractivity contribution in [3.63, 3.8) is 0 Å². The van der Waals surface area contributed by atoms with E-state index in [-0.39, 0.29) is 35.6 Å². The van der Waals surface area contributed by atoms with E-state index in [2.05, 4.69) is 10.3 Å². The fourth-order valence-electron chi connectivity index (χ4n) is 3.70. The van der Waals surface area contributed by atoms with Crippen molar-refractivity contribution in [1.29, 1.82) is 0 Å². The van der Waals surface area contributed by atoms with Gasteiger partial charge in [0.05, 0.1) is 29.8 Å². The van der Waals surface area contributed by atoms with Gasteiger partial charge >= 0.3 is 12.1 Å². The van der Waals surface area contributed by atoms with Crippen LogP contribution in [0.5, 0.6) is 5.88 Å². The summed E-state index contributed by atoms with van der Waals surface area (Å²) in [5.41, 5.74) is 0.571. The largest absolute Gasteiger partial charge is 0.475 e. The number of pyridine rings is 1. The second-order valence-electron chi connectivity index (χ2n) is 8.42. The number of benzene rings is 1. The molecule has 0 amide bonds. The number of nitrogens with one attached hydrogen (secondary N) is 1. The normalized spacial score (nSPS) is 16.1. The molecule has 1 aliphatic heterocycles. The van der Waals surface area contributed by atoms with Crippen molar-refractivity contribution in [2.75, 3.05) is 11.9 Å². The number of allylic oxidation sites excluding steroid dienone is 1. The third-order valence-electron chi connectivity index (χ3n) is 4.95. The molecule has 0 fully saturated rings. The molecule has 2 aromatic rings. The lowest BCUT2D eigenvalue weighted by Crippen LogP contribution is -2.28. The van der Waals surface area contributed by atoms with Crippen LogP contribution in [0.1, 0.15) is 57.2 Å². The van der Waals surface area contributed by atoms with Crippen molar-refractivity contribution in [3.05, 3.63) is 64.5 Å². The number of hydrogen-bond acceptors (Lipinski definition) is 5. The predicted octanol–water partition coefficient (Wildman–Crippen LogP) is 5.92. The molecule has 0 saturated heterocycles. The highest BCUT2D eigenvalue weighted by atomic mass is 19.4. The number of rotatable bonds is 6. The van der Waals surface area contributed by atoms with Crippen LogP contribution in [0.2, 0.25) is 0 Å². The summed E-state index contributed by atoms with van der Waals surface area (Å²) in [4.78, 5) is 17.4. The summed E-state index contributed by atoms with van der Waals surface area (Å²) < 4.78 is 53.2. The Bertz CT molecular complexity index is 1030. The molecule has 0 bridgehead atoms. The molecule has 2 heterocycles. The van der Waals surface area contributed by atoms with E-state index in [0.717, 1.165) is 6.07 Å². The SMILES string of the molecule is CC1=C(C(=O)OCC(C)C)C(c2ccccc2C(F)(F)F)c2c(ccnc2OC(C)C)N1. The van der Waals surface area contributed by atoms with Gasteiger partial charge in [-0.25, -0.2) is 9.78 Å². The molecule has 5 nitrogen and oxygen atoms in total. The summed E-state index contributed by atoms with van der Waals surface area (Å²) in [6, 6.07) is 6.92. The van der Waals surface area contributed by atoms with Crippen LogP contribution in [0.15, 0.2) is 47.8 Å². The van der Waals surface area contributed by atoms with Crippen molar-refractivity contribution in [2.24, 2.45) is 5.92 Å². The molecule has 0 saturated carbocycles. The molecule has 1 N–H and O–H groups in total. The van der Waals surface area contributed by atoms with Crippen molar-refractivity contribution in [2.45, 2.75) is 52.8 Å². The third-order valence-corrected chi connectivity index (χ3v) is 4.95. The molecule has 0 spiro atoms. The van der Waals surface area contributed by atoms with Crippen LogP contribution in [0.25, 0.3) is 0 Å². The predicted molar refractivity (Wildman–Crippen MR) is 115 cm³/mol. The van der Waals surface area contributed by atoms with Gasteiger partial charge < -0.3 is 14.8 Å². The zero-order chi connectivity index (χ0) is 23.6. The number of esters is 1. The number of halogens is 3. The van der Waals surface area contributed by atoms with E-state index < -0.39 is 23.6 Å². The van der Waals surface area contributed by atoms with E-state index in [1.54, 1.807) is 26.8 Å². The van der Waals surface area contributed by atoms with Gasteiger partial charge in [0.1, 0.15) is 0 Å². The minimum Gasteiger partial charge on any atom is -0.475 e. The van der Waals surface area contributed by atoms with Gasteiger partial charge in [-0.05, 0) is 44.4 Å². The number of nitrogens with zero attached hydrogens (tertiary/aromatic N) is 1. The highest BCUT2D eigenvalue weighted by Gasteiger charge is 2.42. The fraction of sp³-hybridized carbons (Fsp3) is 0.417. The van der Waals surface area contributed by atoms with E-state index in [1.807, 2.05) is 13.8 Å². The molecular formula is C24H27F3N2O3. The zero-order valence-electron chi connectivity index (χ0n) is 18.7. The van der Waals surface area contributed by atoms with Gasteiger partial charge in [-0.2, -0.15) is 13.2 Å². The number of anilines is 1. The molecule has 8 heteroatoms. The number of aromatic nitrogens is 1. The molecule has 172 valence electrons. The van der Waals surface area contributed by atoms with Crippen LogP contribution >= 0.6 is 0 Å². The molecule has 1 aliphatic rings. The van der Waals surface area contributed by atoms with Gasteiger partial charge in [0.15, 0.2) is 0 Å². The Morgan fingerprint density at radius 2 is 1.84 bits per heavy atom. The first-order valence-electron chi connectivity index (χ1n) is 10.5. The van der Waals surface area contributed by atoms with Gasteiger partial charge in [0.2, 0.25) is 5.88 Å². The second-order valence-corrected chi connectivity index (χ2v) is 8.42. The molecule has 1 aromatic carbocycles. The first-order valence-corrected chi connectivity index (χ1v) is 10.5. The molecule has 0 aliphatic carbocycles. The Labute approximate surface area is 185 Å². The maximum Gasteiger partial charge on any atom is 0.416 e. The van der Waals surface area contributed by atoms with Crippen LogP contribution in [0.4, 0.5) is 18.9 Å². The lowest BCUT2D eigenvalue weighted by molar-refractivity contribution is -0.141. The van der Waals surface area contributed by atoms with Crippen LogP contribution in [-0.4, -0.2) is 23.7 Å². The average Bonchev–Trinajstić information content (AvgIpc) is 2.70. The third kappa shape index (κ3) is 4.89. The van der Waals surface area contributed by atoms with E-state index in [0.29, 0.717) is 16.9 Å². The van der Waals surface area contributed by atoms with E-state index in [9.17, 15) is 18.0 Å². The Morgan fingerprint density at radius 1 is 1.16 bits per heavy atom. The maximum atomic E-state index is 14.0. The smallest absolute Gasteiger partial charge is 0.416 e. The second kappa shape index (κ2) is 9.22. The Morgan fingerprint density at radius 3 is 2.47 bits per heavy atom. The Kier molecular flexibility index (Phi) is 6.81. The first-order chi connectivity index (χ1) is 15.0. The van der Waals surface area contributed by atoms with Crippen LogP contribution in [0.3, 0.4) is 0 Å².